The SMILES string of the molecule is CCCN1C(=O)[C@@H]2[C@@H](CC(C(C)C)=C([C@H](O)CC/C(C)=C/c3ccc(O)c4ccccc34)[C@@H]2CO)C1=O. The quantitative estimate of drug-likeness (QED) is 0.327. The van der Waals surface area contributed by atoms with Crippen LogP contribution in [-0.2, 0) is 9.59 Å². The van der Waals surface area contributed by atoms with E-state index in [1.807, 2.05) is 58.0 Å². The molecule has 1 aliphatic heterocycles. The van der Waals surface area contributed by atoms with Crippen LogP contribution in [0.25, 0.3) is 16.8 Å². The number of hydrogen-bond donors (Lipinski definition) is 3. The van der Waals surface area contributed by atoms with Crippen LogP contribution < -0.4 is 0 Å². The number of carbonyl (C=O) groups excluding carboxylic acids is 2. The third-order valence-electron chi connectivity index (χ3n) is 8.06. The number of phenolic OH excluding ortho intramolecular Hbond substituents is 1. The number of rotatable bonds is 9. The van der Waals surface area contributed by atoms with Crippen molar-refractivity contribution in [3.05, 3.63) is 58.7 Å². The van der Waals surface area contributed by atoms with Crippen molar-refractivity contribution in [2.75, 3.05) is 13.2 Å². The summed E-state index contributed by atoms with van der Waals surface area (Å²) in [4.78, 5) is 27.6. The van der Waals surface area contributed by atoms with Crippen molar-refractivity contribution in [2.24, 2.45) is 23.7 Å². The predicted molar refractivity (Wildman–Crippen MR) is 146 cm³/mol. The van der Waals surface area contributed by atoms with Gasteiger partial charge in [0.1, 0.15) is 5.75 Å². The molecule has 0 aromatic heterocycles. The monoisotopic (exact) mass is 505 g/mol. The molecule has 1 heterocycles. The summed E-state index contributed by atoms with van der Waals surface area (Å²) in [5, 5.41) is 33.8. The van der Waals surface area contributed by atoms with Crippen molar-refractivity contribution in [3.63, 3.8) is 0 Å². The second-order valence-corrected chi connectivity index (χ2v) is 10.9. The average molecular weight is 506 g/mol. The maximum Gasteiger partial charge on any atom is 0.233 e. The fourth-order valence-corrected chi connectivity index (χ4v) is 6.24. The van der Waals surface area contributed by atoms with Gasteiger partial charge in [-0.2, -0.15) is 0 Å². The number of nitrogens with zero attached hydrogens (tertiary/aromatic N) is 1. The van der Waals surface area contributed by atoms with Crippen LogP contribution >= 0.6 is 0 Å². The summed E-state index contributed by atoms with van der Waals surface area (Å²) in [5.74, 6) is -1.60. The molecule has 0 spiro atoms. The molecule has 2 aromatic carbocycles. The molecule has 37 heavy (non-hydrogen) atoms. The first-order chi connectivity index (χ1) is 17.7. The van der Waals surface area contributed by atoms with Gasteiger partial charge in [-0.1, -0.05) is 68.3 Å². The number of imide groups is 1. The predicted octanol–water partition coefficient (Wildman–Crippen LogP) is 5.07. The minimum Gasteiger partial charge on any atom is -0.507 e. The fraction of sp³-hybridized carbons (Fsp3) is 0.484. The lowest BCUT2D eigenvalue weighted by Crippen LogP contribution is -2.39. The molecule has 4 rings (SSSR count). The van der Waals surface area contributed by atoms with Gasteiger partial charge in [0.25, 0.3) is 0 Å². The number of phenols is 1. The van der Waals surface area contributed by atoms with Crippen molar-refractivity contribution in [1.29, 1.82) is 0 Å². The number of amides is 2. The van der Waals surface area contributed by atoms with Crippen LogP contribution in [0.4, 0.5) is 0 Å². The Kier molecular flexibility index (Phi) is 8.20. The summed E-state index contributed by atoms with van der Waals surface area (Å²) in [5.41, 5.74) is 3.83. The third kappa shape index (κ3) is 5.10. The van der Waals surface area contributed by atoms with Crippen molar-refractivity contribution in [1.82, 2.24) is 4.90 Å². The third-order valence-corrected chi connectivity index (χ3v) is 8.06. The zero-order chi connectivity index (χ0) is 26.9. The van der Waals surface area contributed by atoms with Gasteiger partial charge in [0, 0.05) is 17.8 Å². The lowest BCUT2D eigenvalue weighted by molar-refractivity contribution is -0.140. The Morgan fingerprint density at radius 1 is 1.11 bits per heavy atom. The van der Waals surface area contributed by atoms with E-state index in [2.05, 4.69) is 6.08 Å². The Balaban J connectivity index is 1.58. The van der Waals surface area contributed by atoms with E-state index in [0.717, 1.165) is 33.1 Å². The number of aliphatic hydroxyl groups is 2. The van der Waals surface area contributed by atoms with Crippen molar-refractivity contribution in [3.8, 4) is 5.75 Å². The van der Waals surface area contributed by atoms with Crippen LogP contribution in [-0.4, -0.2) is 51.3 Å². The fourth-order valence-electron chi connectivity index (χ4n) is 6.24. The van der Waals surface area contributed by atoms with Gasteiger partial charge in [-0.3, -0.25) is 14.5 Å². The second-order valence-electron chi connectivity index (χ2n) is 10.9. The number of allylic oxidation sites excluding steroid dienone is 2. The molecule has 0 unspecified atom stereocenters. The van der Waals surface area contributed by atoms with E-state index in [1.54, 1.807) is 6.07 Å². The first kappa shape index (κ1) is 27.1. The summed E-state index contributed by atoms with van der Waals surface area (Å²) < 4.78 is 0. The normalized spacial score (nSPS) is 23.4. The summed E-state index contributed by atoms with van der Waals surface area (Å²) in [6.07, 6.45) is 3.52. The van der Waals surface area contributed by atoms with Gasteiger partial charge in [-0.25, -0.2) is 0 Å². The molecular weight excluding hydrogens is 466 g/mol. The van der Waals surface area contributed by atoms with Gasteiger partial charge in [-0.05, 0) is 61.1 Å². The van der Waals surface area contributed by atoms with Crippen LogP contribution in [0.15, 0.2) is 53.1 Å². The lowest BCUT2D eigenvalue weighted by Gasteiger charge is -2.38. The van der Waals surface area contributed by atoms with Crippen molar-refractivity contribution < 1.29 is 24.9 Å². The number of carbonyl (C=O) groups is 2. The first-order valence-electron chi connectivity index (χ1n) is 13.4. The van der Waals surface area contributed by atoms with E-state index in [0.29, 0.717) is 32.2 Å². The number of aromatic hydroxyl groups is 1. The smallest absolute Gasteiger partial charge is 0.233 e. The highest BCUT2D eigenvalue weighted by Crippen LogP contribution is 2.48. The Morgan fingerprint density at radius 2 is 1.81 bits per heavy atom. The van der Waals surface area contributed by atoms with Crippen molar-refractivity contribution >= 4 is 28.7 Å². The molecule has 198 valence electrons. The second kappa shape index (κ2) is 11.2. The maximum atomic E-state index is 13.2. The minimum atomic E-state index is -0.807. The Bertz CT molecular complexity index is 1240. The molecule has 2 aromatic rings. The Hall–Kier alpha value is -2.96. The first-order valence-corrected chi connectivity index (χ1v) is 13.4. The van der Waals surface area contributed by atoms with E-state index < -0.39 is 23.9 Å². The molecule has 4 atom stereocenters. The summed E-state index contributed by atoms with van der Waals surface area (Å²) in [6, 6.07) is 11.3. The molecule has 6 heteroatoms. The lowest BCUT2D eigenvalue weighted by atomic mass is 9.66. The van der Waals surface area contributed by atoms with Gasteiger partial charge < -0.3 is 15.3 Å². The summed E-state index contributed by atoms with van der Waals surface area (Å²) >= 11 is 0. The van der Waals surface area contributed by atoms with Crippen LogP contribution in [0.5, 0.6) is 5.75 Å². The van der Waals surface area contributed by atoms with Crippen LogP contribution in [0, 0.1) is 23.7 Å². The van der Waals surface area contributed by atoms with E-state index in [9.17, 15) is 24.9 Å². The average Bonchev–Trinajstić information content (AvgIpc) is 3.12. The number of benzene rings is 2. The molecule has 0 radical (unpaired) electrons. The standard InChI is InChI=1S/C31H39NO5/c1-5-14-32-30(36)24-16-23(18(2)3)28(25(17-33)29(24)31(32)37)27(35)12-10-19(4)15-20-11-13-26(34)22-9-7-6-8-21(20)22/h6-9,11,13,15,18,24-25,27,29,33-35H,5,10,12,14,16-17H2,1-4H3/b19-15+/t24-,25+,27-,29-/m1/s1. The molecule has 6 nitrogen and oxygen atoms in total. The highest BCUT2D eigenvalue weighted by atomic mass is 16.3. The van der Waals surface area contributed by atoms with E-state index in [4.69, 9.17) is 0 Å². The van der Waals surface area contributed by atoms with E-state index >= 15 is 0 Å². The van der Waals surface area contributed by atoms with Crippen LogP contribution in [0.1, 0.15) is 58.9 Å². The molecule has 1 aliphatic carbocycles. The van der Waals surface area contributed by atoms with Gasteiger partial charge in [0.15, 0.2) is 0 Å². The number of aliphatic hydroxyl groups excluding tert-OH is 2. The van der Waals surface area contributed by atoms with Crippen LogP contribution in [0.2, 0.25) is 0 Å². The minimum absolute atomic E-state index is 0.0998. The molecular formula is C31H39NO5. The maximum absolute atomic E-state index is 13.2. The Morgan fingerprint density at radius 3 is 2.46 bits per heavy atom. The Labute approximate surface area is 219 Å². The molecule has 2 aliphatic rings. The molecule has 1 saturated heterocycles. The topological polar surface area (TPSA) is 98.1 Å². The molecule has 3 N–H and O–H groups in total. The molecule has 2 amide bonds. The zero-order valence-electron chi connectivity index (χ0n) is 22.3. The summed E-state index contributed by atoms with van der Waals surface area (Å²) in [6.45, 7) is 8.18. The van der Waals surface area contributed by atoms with E-state index in [1.165, 1.54) is 4.90 Å². The zero-order valence-corrected chi connectivity index (χ0v) is 22.3. The number of hydrogen-bond acceptors (Lipinski definition) is 5. The largest absolute Gasteiger partial charge is 0.507 e. The van der Waals surface area contributed by atoms with Crippen LogP contribution in [0.3, 0.4) is 0 Å². The molecule has 0 bridgehead atoms. The number of likely N-dealkylation sites (tertiary alicyclic amines) is 1. The molecule has 1 fully saturated rings. The number of fused-ring (bicyclic) bond motifs is 2. The van der Waals surface area contributed by atoms with Gasteiger partial charge in [-0.15, -0.1) is 0 Å². The van der Waals surface area contributed by atoms with E-state index in [-0.39, 0.29) is 30.1 Å². The molecule has 0 saturated carbocycles. The van der Waals surface area contributed by atoms with Gasteiger partial charge >= 0.3 is 0 Å². The summed E-state index contributed by atoms with van der Waals surface area (Å²) in [7, 11) is 0. The highest BCUT2D eigenvalue weighted by molar-refractivity contribution is 6.06. The van der Waals surface area contributed by atoms with Gasteiger partial charge in [0.2, 0.25) is 11.8 Å². The van der Waals surface area contributed by atoms with Gasteiger partial charge in [0.05, 0.1) is 24.5 Å². The van der Waals surface area contributed by atoms with Crippen molar-refractivity contribution in [2.45, 2.75) is 59.5 Å². The highest BCUT2D eigenvalue weighted by Gasteiger charge is 2.54.